The van der Waals surface area contributed by atoms with Crippen LogP contribution in [0.4, 0.5) is 0 Å². The lowest BCUT2D eigenvalue weighted by atomic mass is 10.2. The van der Waals surface area contributed by atoms with Crippen LogP contribution in [0.5, 0.6) is 0 Å². The van der Waals surface area contributed by atoms with Gasteiger partial charge in [-0.25, -0.2) is 4.98 Å². The highest BCUT2D eigenvalue weighted by atomic mass is 32.1. The Balaban J connectivity index is 1.47. The van der Waals surface area contributed by atoms with Gasteiger partial charge in [0.2, 0.25) is 5.91 Å². The molecule has 2 aromatic rings. The first-order chi connectivity index (χ1) is 10.7. The first kappa shape index (κ1) is 14.8. The van der Waals surface area contributed by atoms with Crippen LogP contribution >= 0.6 is 11.3 Å². The van der Waals surface area contributed by atoms with E-state index in [-0.39, 0.29) is 11.8 Å². The van der Waals surface area contributed by atoms with Gasteiger partial charge in [0.1, 0.15) is 0 Å². The second-order valence-electron chi connectivity index (χ2n) is 5.08. The van der Waals surface area contributed by atoms with E-state index in [1.54, 1.807) is 34.6 Å². The molecule has 0 bridgehead atoms. The van der Waals surface area contributed by atoms with Crippen LogP contribution in [0.3, 0.4) is 0 Å². The molecule has 0 unspecified atom stereocenters. The molecule has 0 N–H and O–H groups in total. The Bertz CT molecular complexity index is 617. The van der Waals surface area contributed by atoms with Crippen molar-refractivity contribution in [2.24, 2.45) is 0 Å². The zero-order chi connectivity index (χ0) is 15.4. The molecule has 1 saturated heterocycles. The van der Waals surface area contributed by atoms with Crippen LogP contribution in [0.25, 0.3) is 0 Å². The van der Waals surface area contributed by atoms with Crippen LogP contribution in [0, 0.1) is 0 Å². The number of thiazole rings is 1. The number of carbonyl (C=O) groups is 2. The number of aromatic nitrogens is 1. The van der Waals surface area contributed by atoms with Crippen molar-refractivity contribution in [3.63, 3.8) is 0 Å². The fourth-order valence-corrected chi connectivity index (χ4v) is 3.08. The maximum Gasteiger partial charge on any atom is 0.289 e. The first-order valence-electron chi connectivity index (χ1n) is 7.23. The van der Waals surface area contributed by atoms with Crippen molar-refractivity contribution in [1.82, 2.24) is 14.8 Å². The van der Waals surface area contributed by atoms with Gasteiger partial charge in [0.15, 0.2) is 5.76 Å². The lowest BCUT2D eigenvalue weighted by Gasteiger charge is -2.34. The maximum atomic E-state index is 12.2. The quantitative estimate of drug-likeness (QED) is 0.859. The number of hydrogen-bond acceptors (Lipinski definition) is 5. The standard InChI is InChI=1S/C15H17N3O3S/c19-14(4-3-13-16-5-11-22-13)17-6-8-18(9-7-17)15(20)12-2-1-10-21-12/h1-2,5,10-11H,3-4,6-9H2. The number of furan rings is 1. The number of rotatable bonds is 4. The van der Waals surface area contributed by atoms with Crippen molar-refractivity contribution in [2.75, 3.05) is 26.2 Å². The van der Waals surface area contributed by atoms with Gasteiger partial charge in [-0.2, -0.15) is 0 Å². The summed E-state index contributed by atoms with van der Waals surface area (Å²) in [5, 5.41) is 2.90. The zero-order valence-electron chi connectivity index (χ0n) is 12.1. The van der Waals surface area contributed by atoms with Crippen LogP contribution in [0.15, 0.2) is 34.4 Å². The summed E-state index contributed by atoms with van der Waals surface area (Å²) in [4.78, 5) is 32.0. The van der Waals surface area contributed by atoms with Crippen molar-refractivity contribution in [1.29, 1.82) is 0 Å². The molecule has 3 rings (SSSR count). The molecule has 1 aliphatic heterocycles. The highest BCUT2D eigenvalue weighted by molar-refractivity contribution is 7.09. The summed E-state index contributed by atoms with van der Waals surface area (Å²) in [6, 6.07) is 3.36. The minimum absolute atomic E-state index is 0.111. The third kappa shape index (κ3) is 3.36. The van der Waals surface area contributed by atoms with Crippen molar-refractivity contribution < 1.29 is 14.0 Å². The Morgan fingerprint density at radius 3 is 2.64 bits per heavy atom. The van der Waals surface area contributed by atoms with Gasteiger partial charge < -0.3 is 14.2 Å². The molecule has 0 spiro atoms. The predicted molar refractivity (Wildman–Crippen MR) is 81.6 cm³/mol. The molecule has 22 heavy (non-hydrogen) atoms. The summed E-state index contributed by atoms with van der Waals surface area (Å²) in [6.45, 7) is 2.23. The average Bonchev–Trinajstić information content (AvgIpc) is 3.25. The summed E-state index contributed by atoms with van der Waals surface area (Å²) < 4.78 is 5.13. The van der Waals surface area contributed by atoms with E-state index < -0.39 is 0 Å². The minimum Gasteiger partial charge on any atom is -0.459 e. The fraction of sp³-hybridized carbons (Fsp3) is 0.400. The monoisotopic (exact) mass is 319 g/mol. The van der Waals surface area contributed by atoms with Gasteiger partial charge in [-0.05, 0) is 12.1 Å². The number of carbonyl (C=O) groups excluding carboxylic acids is 2. The molecule has 3 heterocycles. The molecule has 0 saturated carbocycles. The van der Waals surface area contributed by atoms with E-state index >= 15 is 0 Å². The topological polar surface area (TPSA) is 66.7 Å². The second kappa shape index (κ2) is 6.74. The Kier molecular flexibility index (Phi) is 4.53. The second-order valence-corrected chi connectivity index (χ2v) is 6.06. The Morgan fingerprint density at radius 1 is 1.23 bits per heavy atom. The molecule has 116 valence electrons. The highest BCUT2D eigenvalue weighted by Crippen LogP contribution is 2.12. The SMILES string of the molecule is O=C(CCc1nccs1)N1CCN(C(=O)c2ccco2)CC1. The van der Waals surface area contributed by atoms with Gasteiger partial charge in [0.25, 0.3) is 5.91 Å². The summed E-state index contributed by atoms with van der Waals surface area (Å²) >= 11 is 1.57. The van der Waals surface area contributed by atoms with Crippen molar-refractivity contribution in [3.05, 3.63) is 40.7 Å². The van der Waals surface area contributed by atoms with Crippen LogP contribution < -0.4 is 0 Å². The fourth-order valence-electron chi connectivity index (χ4n) is 2.46. The van der Waals surface area contributed by atoms with E-state index in [9.17, 15) is 9.59 Å². The van der Waals surface area contributed by atoms with Gasteiger partial charge >= 0.3 is 0 Å². The maximum absolute atomic E-state index is 12.2. The lowest BCUT2D eigenvalue weighted by Crippen LogP contribution is -2.50. The van der Waals surface area contributed by atoms with Gasteiger partial charge in [0.05, 0.1) is 11.3 Å². The largest absolute Gasteiger partial charge is 0.459 e. The van der Waals surface area contributed by atoms with E-state index in [0.29, 0.717) is 44.8 Å². The predicted octanol–water partition coefficient (Wildman–Crippen LogP) is 1.65. The molecular formula is C15H17N3O3S. The average molecular weight is 319 g/mol. The third-order valence-corrected chi connectivity index (χ3v) is 4.53. The zero-order valence-corrected chi connectivity index (χ0v) is 12.9. The van der Waals surface area contributed by atoms with Crippen LogP contribution in [-0.4, -0.2) is 52.8 Å². The van der Waals surface area contributed by atoms with Crippen LogP contribution in [-0.2, 0) is 11.2 Å². The molecule has 0 radical (unpaired) electrons. The molecule has 7 heteroatoms. The Labute approximate surface area is 132 Å². The van der Waals surface area contributed by atoms with Crippen molar-refractivity contribution in [2.45, 2.75) is 12.8 Å². The normalized spacial score (nSPS) is 15.1. The number of hydrogen-bond donors (Lipinski definition) is 0. The Morgan fingerprint density at radius 2 is 2.00 bits per heavy atom. The molecule has 1 aliphatic rings. The van der Waals surface area contributed by atoms with Gasteiger partial charge in [0, 0.05) is 50.6 Å². The molecule has 6 nitrogen and oxygen atoms in total. The minimum atomic E-state index is -0.111. The highest BCUT2D eigenvalue weighted by Gasteiger charge is 2.25. The van der Waals surface area contributed by atoms with Crippen molar-refractivity contribution in [3.8, 4) is 0 Å². The summed E-state index contributed by atoms with van der Waals surface area (Å²) in [7, 11) is 0. The van der Waals surface area contributed by atoms with Crippen LogP contribution in [0.2, 0.25) is 0 Å². The smallest absolute Gasteiger partial charge is 0.289 e. The number of piperazine rings is 1. The van der Waals surface area contributed by atoms with Gasteiger partial charge in [-0.3, -0.25) is 9.59 Å². The molecular weight excluding hydrogens is 302 g/mol. The molecule has 0 atom stereocenters. The van der Waals surface area contributed by atoms with E-state index in [1.165, 1.54) is 6.26 Å². The number of amides is 2. The lowest BCUT2D eigenvalue weighted by molar-refractivity contribution is -0.132. The van der Waals surface area contributed by atoms with E-state index in [0.717, 1.165) is 5.01 Å². The molecule has 2 amide bonds. The first-order valence-corrected chi connectivity index (χ1v) is 8.11. The van der Waals surface area contributed by atoms with Gasteiger partial charge in [-0.15, -0.1) is 11.3 Å². The summed E-state index contributed by atoms with van der Waals surface area (Å²) in [6.07, 6.45) is 4.40. The van der Waals surface area contributed by atoms with Crippen molar-refractivity contribution >= 4 is 23.2 Å². The van der Waals surface area contributed by atoms with E-state index in [2.05, 4.69) is 4.98 Å². The Hall–Kier alpha value is -2.15. The third-order valence-electron chi connectivity index (χ3n) is 3.69. The summed E-state index contributed by atoms with van der Waals surface area (Å²) in [5.41, 5.74) is 0. The molecule has 0 aromatic carbocycles. The van der Waals surface area contributed by atoms with E-state index in [1.807, 2.05) is 10.3 Å². The molecule has 0 aliphatic carbocycles. The number of nitrogens with zero attached hydrogens (tertiary/aromatic N) is 3. The van der Waals surface area contributed by atoms with Gasteiger partial charge in [-0.1, -0.05) is 0 Å². The molecule has 2 aromatic heterocycles. The molecule has 1 fully saturated rings. The number of aryl methyl sites for hydroxylation is 1. The summed E-state index contributed by atoms with van der Waals surface area (Å²) in [5.74, 6) is 0.365. The van der Waals surface area contributed by atoms with E-state index in [4.69, 9.17) is 4.42 Å². The van der Waals surface area contributed by atoms with Crippen LogP contribution in [0.1, 0.15) is 22.0 Å².